The van der Waals surface area contributed by atoms with Crippen LogP contribution in [0.15, 0.2) is 65.6 Å². The molecule has 39 heavy (non-hydrogen) atoms. The van der Waals surface area contributed by atoms with E-state index in [4.69, 9.17) is 23.2 Å². The molecule has 0 spiro atoms. The van der Waals surface area contributed by atoms with Crippen LogP contribution in [0.25, 0.3) is 0 Å². The van der Waals surface area contributed by atoms with Crippen molar-refractivity contribution in [1.29, 1.82) is 0 Å². The van der Waals surface area contributed by atoms with Crippen LogP contribution in [0.5, 0.6) is 0 Å². The number of amides is 2. The first-order valence-corrected chi connectivity index (χ1v) is 14.7. The molecule has 2 amide bonds. The maximum atomic E-state index is 14.0. The highest BCUT2D eigenvalue weighted by molar-refractivity contribution is 7.92. The number of nitrogens with zero attached hydrogens (tertiary/aromatic N) is 2. The van der Waals surface area contributed by atoms with E-state index in [9.17, 15) is 18.0 Å². The Morgan fingerprint density at radius 3 is 2.13 bits per heavy atom. The van der Waals surface area contributed by atoms with Crippen molar-refractivity contribution in [3.8, 4) is 0 Å². The molecular formula is C29H33Cl2N3O4S. The molecule has 0 aliphatic heterocycles. The van der Waals surface area contributed by atoms with Crippen LogP contribution in [0.2, 0.25) is 10.0 Å². The maximum absolute atomic E-state index is 14.0. The number of likely N-dealkylation sites (N-methyl/N-ethyl adjacent to an activating group) is 1. The van der Waals surface area contributed by atoms with Gasteiger partial charge in [-0.25, -0.2) is 8.42 Å². The highest BCUT2D eigenvalue weighted by Crippen LogP contribution is 2.28. The number of rotatable bonds is 10. The number of nitrogens with one attached hydrogen (secondary N) is 1. The number of sulfonamides is 1. The van der Waals surface area contributed by atoms with E-state index in [0.717, 1.165) is 21.0 Å². The fourth-order valence-electron chi connectivity index (χ4n) is 4.17. The van der Waals surface area contributed by atoms with Crippen LogP contribution in [0.1, 0.15) is 35.6 Å². The summed E-state index contributed by atoms with van der Waals surface area (Å²) in [6, 6.07) is 15.8. The van der Waals surface area contributed by atoms with Crippen molar-refractivity contribution in [2.24, 2.45) is 0 Å². The van der Waals surface area contributed by atoms with Gasteiger partial charge in [-0.3, -0.25) is 13.9 Å². The third-order valence-corrected chi connectivity index (χ3v) is 9.16. The minimum atomic E-state index is -4.13. The number of benzene rings is 3. The van der Waals surface area contributed by atoms with Gasteiger partial charge in [-0.1, -0.05) is 60.0 Å². The molecule has 3 rings (SSSR count). The molecule has 0 heterocycles. The van der Waals surface area contributed by atoms with Crippen molar-refractivity contribution in [2.45, 2.75) is 51.6 Å². The van der Waals surface area contributed by atoms with Crippen LogP contribution in [0, 0.1) is 20.8 Å². The lowest BCUT2D eigenvalue weighted by Crippen LogP contribution is -2.51. The largest absolute Gasteiger partial charge is 0.357 e. The van der Waals surface area contributed by atoms with Crippen molar-refractivity contribution in [1.82, 2.24) is 10.2 Å². The second-order valence-electron chi connectivity index (χ2n) is 9.40. The third kappa shape index (κ3) is 7.12. The first-order chi connectivity index (χ1) is 18.4. The van der Waals surface area contributed by atoms with E-state index >= 15 is 0 Å². The Bertz CT molecular complexity index is 1460. The van der Waals surface area contributed by atoms with Crippen LogP contribution < -0.4 is 9.62 Å². The van der Waals surface area contributed by atoms with Gasteiger partial charge in [0.15, 0.2) is 0 Å². The van der Waals surface area contributed by atoms with E-state index in [0.29, 0.717) is 27.7 Å². The molecule has 0 saturated carbocycles. The number of carbonyl (C=O) groups excluding carboxylic acids is 2. The molecule has 1 N–H and O–H groups in total. The predicted molar refractivity (Wildman–Crippen MR) is 157 cm³/mol. The average molecular weight is 591 g/mol. The molecule has 3 aromatic rings. The summed E-state index contributed by atoms with van der Waals surface area (Å²) in [6.45, 7) is 7.00. The van der Waals surface area contributed by atoms with Crippen molar-refractivity contribution in [3.63, 3.8) is 0 Å². The molecule has 1 unspecified atom stereocenters. The van der Waals surface area contributed by atoms with E-state index in [2.05, 4.69) is 5.32 Å². The van der Waals surface area contributed by atoms with E-state index in [-0.39, 0.29) is 17.3 Å². The van der Waals surface area contributed by atoms with Gasteiger partial charge in [-0.15, -0.1) is 0 Å². The summed E-state index contributed by atoms with van der Waals surface area (Å²) in [5.41, 5.74) is 3.79. The van der Waals surface area contributed by atoms with Gasteiger partial charge in [0.2, 0.25) is 11.8 Å². The highest BCUT2D eigenvalue weighted by atomic mass is 35.5. The number of carbonyl (C=O) groups is 2. The second-order valence-corrected chi connectivity index (χ2v) is 12.1. The van der Waals surface area contributed by atoms with Crippen LogP contribution >= 0.6 is 23.2 Å². The molecule has 0 radical (unpaired) electrons. The lowest BCUT2D eigenvalue weighted by atomic mass is 10.1. The monoisotopic (exact) mass is 589 g/mol. The summed E-state index contributed by atoms with van der Waals surface area (Å²) in [5.74, 6) is -0.893. The minimum absolute atomic E-state index is 0.0347. The van der Waals surface area contributed by atoms with Crippen LogP contribution in [0.3, 0.4) is 0 Å². The Morgan fingerprint density at radius 1 is 0.897 bits per heavy atom. The van der Waals surface area contributed by atoms with E-state index in [1.165, 1.54) is 24.1 Å². The van der Waals surface area contributed by atoms with Gasteiger partial charge in [-0.05, 0) is 80.3 Å². The van der Waals surface area contributed by atoms with Crippen molar-refractivity contribution < 1.29 is 18.0 Å². The Kier molecular flexibility index (Phi) is 10.0. The van der Waals surface area contributed by atoms with Gasteiger partial charge < -0.3 is 10.2 Å². The number of anilines is 1. The molecule has 1 atom stereocenters. The van der Waals surface area contributed by atoms with Crippen LogP contribution in [-0.4, -0.2) is 44.8 Å². The van der Waals surface area contributed by atoms with Crippen LogP contribution in [0.4, 0.5) is 5.69 Å². The molecule has 0 aromatic heterocycles. The van der Waals surface area contributed by atoms with E-state index in [1.54, 1.807) is 49.4 Å². The fraction of sp³-hybridized carbons (Fsp3) is 0.310. The van der Waals surface area contributed by atoms with E-state index in [1.807, 2.05) is 26.8 Å². The molecule has 7 nitrogen and oxygen atoms in total. The lowest BCUT2D eigenvalue weighted by molar-refractivity contribution is -0.140. The fourth-order valence-corrected chi connectivity index (χ4v) is 5.89. The molecule has 0 aliphatic rings. The smallest absolute Gasteiger partial charge is 0.264 e. The van der Waals surface area contributed by atoms with Gasteiger partial charge in [-0.2, -0.15) is 0 Å². The Balaban J connectivity index is 2.09. The molecule has 3 aromatic carbocycles. The molecule has 0 bridgehead atoms. The maximum Gasteiger partial charge on any atom is 0.264 e. The Hall–Kier alpha value is -3.07. The predicted octanol–water partition coefficient (Wildman–Crippen LogP) is 5.67. The van der Waals surface area contributed by atoms with Crippen LogP contribution in [-0.2, 0) is 26.2 Å². The number of hydrogen-bond donors (Lipinski definition) is 1. The van der Waals surface area contributed by atoms with Gasteiger partial charge in [0.05, 0.1) is 20.6 Å². The Morgan fingerprint density at radius 2 is 1.56 bits per heavy atom. The van der Waals surface area contributed by atoms with Crippen molar-refractivity contribution in [3.05, 3.63) is 93.0 Å². The highest BCUT2D eigenvalue weighted by Gasteiger charge is 2.33. The van der Waals surface area contributed by atoms with Crippen molar-refractivity contribution in [2.75, 3.05) is 17.9 Å². The third-order valence-electron chi connectivity index (χ3n) is 6.64. The SMILES string of the molecule is CCC(C(=O)NC)N(Cc1ccc(Cl)c(Cl)c1)C(=O)CN(c1ccc(C)c(C)c1)S(=O)(=O)c1ccc(C)cc1. The van der Waals surface area contributed by atoms with Gasteiger partial charge in [0.25, 0.3) is 10.0 Å². The minimum Gasteiger partial charge on any atom is -0.357 e. The summed E-state index contributed by atoms with van der Waals surface area (Å²) >= 11 is 12.3. The summed E-state index contributed by atoms with van der Waals surface area (Å²) in [4.78, 5) is 28.2. The topological polar surface area (TPSA) is 86.8 Å². The number of hydrogen-bond acceptors (Lipinski definition) is 4. The summed E-state index contributed by atoms with van der Waals surface area (Å²) in [6.07, 6.45) is 0.321. The molecule has 0 aliphatic carbocycles. The van der Waals surface area contributed by atoms with Gasteiger partial charge >= 0.3 is 0 Å². The van der Waals surface area contributed by atoms with Gasteiger partial charge in [0, 0.05) is 13.6 Å². The standard InChI is InChI=1S/C29H33Cl2N3O4S/c1-6-27(29(36)32-5)33(17-22-10-14-25(30)26(31)16-22)28(35)18-34(23-11-9-20(3)21(4)15-23)39(37,38)24-12-7-19(2)8-13-24/h7-16,27H,6,17-18H2,1-5H3,(H,32,36). The molecule has 10 heteroatoms. The zero-order valence-corrected chi connectivity index (χ0v) is 25.0. The lowest BCUT2D eigenvalue weighted by Gasteiger charge is -2.33. The summed E-state index contributed by atoms with van der Waals surface area (Å²) in [7, 11) is -2.63. The first kappa shape index (κ1) is 30.5. The molecule has 0 fully saturated rings. The number of aryl methyl sites for hydroxylation is 3. The Labute approximate surface area is 240 Å². The second kappa shape index (κ2) is 12.9. The molecule has 0 saturated heterocycles. The normalized spacial score (nSPS) is 12.1. The molecular weight excluding hydrogens is 557 g/mol. The first-order valence-electron chi connectivity index (χ1n) is 12.5. The average Bonchev–Trinajstić information content (AvgIpc) is 2.90. The summed E-state index contributed by atoms with van der Waals surface area (Å²) < 4.78 is 28.9. The number of halogens is 2. The molecule has 208 valence electrons. The zero-order valence-electron chi connectivity index (χ0n) is 22.7. The van der Waals surface area contributed by atoms with Gasteiger partial charge in [0.1, 0.15) is 12.6 Å². The zero-order chi connectivity index (χ0) is 28.9. The summed E-state index contributed by atoms with van der Waals surface area (Å²) in [5, 5.41) is 3.28. The quantitative estimate of drug-likeness (QED) is 0.330. The van der Waals surface area contributed by atoms with Crippen molar-refractivity contribution >= 4 is 50.7 Å². The van der Waals surface area contributed by atoms with E-state index < -0.39 is 28.5 Å².